The highest BCUT2D eigenvalue weighted by Crippen LogP contribution is 2.75. The van der Waals surface area contributed by atoms with Gasteiger partial charge in [-0.1, -0.05) is 27.4 Å². The van der Waals surface area contributed by atoms with Crippen molar-refractivity contribution in [3.8, 4) is 0 Å². The molecule has 5 aliphatic rings. The highest BCUT2D eigenvalue weighted by molar-refractivity contribution is 5.83. The second-order valence-corrected chi connectivity index (χ2v) is 14.8. The zero-order valence-electron chi connectivity index (χ0n) is 26.8. The zero-order valence-corrected chi connectivity index (χ0v) is 26.8. The van der Waals surface area contributed by atoms with Gasteiger partial charge in [0, 0.05) is 18.8 Å². The molecule has 0 aromatic heterocycles. The summed E-state index contributed by atoms with van der Waals surface area (Å²) < 4.78 is 29.5. The highest BCUT2D eigenvalue weighted by atomic mass is 16.7. The summed E-state index contributed by atoms with van der Waals surface area (Å²) in [6.07, 6.45) is -0.738. The van der Waals surface area contributed by atoms with Crippen molar-refractivity contribution in [3.05, 3.63) is 12.2 Å². The molecular formula is C33H48O10. The molecule has 10 heteroatoms. The van der Waals surface area contributed by atoms with Crippen LogP contribution in [-0.2, 0) is 42.9 Å². The third-order valence-corrected chi connectivity index (χ3v) is 12.1. The van der Waals surface area contributed by atoms with Gasteiger partial charge in [-0.05, 0) is 82.6 Å². The second kappa shape index (κ2) is 10.3. The quantitative estimate of drug-likeness (QED) is 0.196. The van der Waals surface area contributed by atoms with Crippen LogP contribution in [0.1, 0.15) is 93.4 Å². The van der Waals surface area contributed by atoms with E-state index in [1.807, 2.05) is 27.7 Å². The Morgan fingerprint density at radius 1 is 1.02 bits per heavy atom. The molecule has 0 aromatic carbocycles. The van der Waals surface area contributed by atoms with Crippen LogP contribution in [-0.4, -0.2) is 71.7 Å². The summed E-state index contributed by atoms with van der Waals surface area (Å²) >= 11 is 0. The predicted molar refractivity (Wildman–Crippen MR) is 153 cm³/mol. The number of carbonyl (C=O) groups is 4. The molecule has 0 amide bonds. The minimum atomic E-state index is -1.68. The van der Waals surface area contributed by atoms with Crippen LogP contribution >= 0.6 is 0 Å². The Morgan fingerprint density at radius 2 is 1.67 bits per heavy atom. The van der Waals surface area contributed by atoms with Gasteiger partial charge in [-0.3, -0.25) is 14.4 Å². The summed E-state index contributed by atoms with van der Waals surface area (Å²) in [5.74, 6) is -2.55. The van der Waals surface area contributed by atoms with Crippen molar-refractivity contribution in [2.75, 3.05) is 7.11 Å². The topological polar surface area (TPSA) is 138 Å². The molecule has 10 nitrogen and oxygen atoms in total. The molecule has 5 rings (SSSR count). The highest BCUT2D eigenvalue weighted by Gasteiger charge is 2.82. The van der Waals surface area contributed by atoms with E-state index in [1.165, 1.54) is 14.0 Å². The van der Waals surface area contributed by atoms with E-state index in [9.17, 15) is 24.3 Å². The number of ether oxygens (including phenoxy) is 5. The van der Waals surface area contributed by atoms with Crippen molar-refractivity contribution < 1.29 is 48.0 Å². The lowest BCUT2D eigenvalue weighted by Gasteiger charge is -2.70. The molecule has 11 unspecified atom stereocenters. The second-order valence-electron chi connectivity index (χ2n) is 14.8. The lowest BCUT2D eigenvalue weighted by Crippen LogP contribution is -2.78. The molecule has 1 spiro atoms. The van der Waals surface area contributed by atoms with Crippen molar-refractivity contribution >= 4 is 23.9 Å². The molecule has 0 radical (unpaired) electrons. The summed E-state index contributed by atoms with van der Waals surface area (Å²) in [5, 5.41) is 13.4. The molecule has 43 heavy (non-hydrogen) atoms. The summed E-state index contributed by atoms with van der Waals surface area (Å²) in [6, 6.07) is 0. The first-order chi connectivity index (χ1) is 19.9. The molecule has 1 saturated heterocycles. The van der Waals surface area contributed by atoms with Crippen molar-refractivity contribution in [1.29, 1.82) is 0 Å². The van der Waals surface area contributed by atoms with Crippen molar-refractivity contribution in [1.82, 2.24) is 0 Å². The normalized spacial score (nSPS) is 46.3. The number of hydrogen-bond acceptors (Lipinski definition) is 10. The number of epoxide rings is 1. The molecule has 1 aliphatic heterocycles. The van der Waals surface area contributed by atoms with E-state index in [2.05, 4.69) is 6.58 Å². The standard InChI is InChI=1S/C33H48O10/c1-17(2)14-25(35)41-24-15-22-29(6,27(36)39-9)12-11-23(42-28(37)31(8)19(4)43-31)30(22,7)33(38)13-10-21-16-32(24,33)26(18(21)3)40-20(5)34/h17,19,21-24,26,38H,3,10-16H2,1-2,4-9H3. The molecule has 11 atom stereocenters. The fraction of sp³-hybridized carbons (Fsp3) is 0.818. The van der Waals surface area contributed by atoms with Crippen LogP contribution in [0.15, 0.2) is 12.2 Å². The maximum atomic E-state index is 13.6. The summed E-state index contributed by atoms with van der Waals surface area (Å²) in [4.78, 5) is 52.9. The van der Waals surface area contributed by atoms with E-state index in [4.69, 9.17) is 23.7 Å². The van der Waals surface area contributed by atoms with Crippen molar-refractivity contribution in [2.45, 2.75) is 129 Å². The van der Waals surface area contributed by atoms with Crippen molar-refractivity contribution in [2.24, 2.45) is 34.0 Å². The number of fused-ring (bicyclic) bond motifs is 3. The van der Waals surface area contributed by atoms with E-state index in [0.717, 1.165) is 0 Å². The lowest BCUT2D eigenvalue weighted by atomic mass is 9.37. The van der Waals surface area contributed by atoms with Gasteiger partial charge in [0.25, 0.3) is 0 Å². The van der Waals surface area contributed by atoms with Gasteiger partial charge in [0.15, 0.2) is 5.60 Å². The monoisotopic (exact) mass is 604 g/mol. The minimum absolute atomic E-state index is 0.0341. The van der Waals surface area contributed by atoms with Gasteiger partial charge in [-0.15, -0.1) is 0 Å². The van der Waals surface area contributed by atoms with Crippen LogP contribution in [0.2, 0.25) is 0 Å². The van der Waals surface area contributed by atoms with Crippen LogP contribution in [0.4, 0.5) is 0 Å². The number of esters is 4. The fourth-order valence-corrected chi connectivity index (χ4v) is 9.58. The average molecular weight is 605 g/mol. The van der Waals surface area contributed by atoms with E-state index < -0.39 is 75.6 Å². The molecule has 2 bridgehead atoms. The maximum absolute atomic E-state index is 13.6. The Labute approximate surface area is 254 Å². The summed E-state index contributed by atoms with van der Waals surface area (Å²) in [7, 11) is 1.34. The van der Waals surface area contributed by atoms with Gasteiger partial charge in [-0.2, -0.15) is 0 Å². The number of carbonyl (C=O) groups excluding carboxylic acids is 4. The number of hydrogen-bond donors (Lipinski definition) is 1. The van der Waals surface area contributed by atoms with Gasteiger partial charge in [-0.25, -0.2) is 4.79 Å². The van der Waals surface area contributed by atoms with Gasteiger partial charge >= 0.3 is 23.9 Å². The molecule has 1 heterocycles. The lowest BCUT2D eigenvalue weighted by molar-refractivity contribution is -0.332. The number of rotatable bonds is 7. The number of aliphatic hydroxyl groups is 1. The molecule has 1 N–H and O–H groups in total. The van der Waals surface area contributed by atoms with Crippen LogP contribution in [0.5, 0.6) is 0 Å². The first kappa shape index (κ1) is 31.9. The fourth-order valence-electron chi connectivity index (χ4n) is 9.58. The summed E-state index contributed by atoms with van der Waals surface area (Å²) in [6.45, 7) is 16.7. The Balaban J connectivity index is 1.70. The Bertz CT molecular complexity index is 1230. The van der Waals surface area contributed by atoms with Crippen LogP contribution in [0.25, 0.3) is 0 Å². The number of methoxy groups -OCH3 is 1. The van der Waals surface area contributed by atoms with E-state index in [-0.39, 0.29) is 37.2 Å². The Kier molecular flexibility index (Phi) is 7.65. The van der Waals surface area contributed by atoms with E-state index in [1.54, 1.807) is 13.8 Å². The molecule has 4 aliphatic carbocycles. The van der Waals surface area contributed by atoms with E-state index in [0.29, 0.717) is 31.3 Å². The largest absolute Gasteiger partial charge is 0.469 e. The SMILES string of the molecule is C=C1C2CCC3(O)C4(C)C(OC(=O)C5(C)OC5C)CCC(C)(C(=O)OC)C4CC(OC(=O)CC(C)C)C3(C2)C1OC(C)=O. The van der Waals surface area contributed by atoms with Gasteiger partial charge < -0.3 is 28.8 Å². The predicted octanol–water partition coefficient (Wildman–Crippen LogP) is 4.05. The van der Waals surface area contributed by atoms with Gasteiger partial charge in [0.1, 0.15) is 18.3 Å². The molecule has 4 saturated carbocycles. The first-order valence-corrected chi connectivity index (χ1v) is 15.7. The average Bonchev–Trinajstić information content (AvgIpc) is 3.48. The van der Waals surface area contributed by atoms with E-state index >= 15 is 0 Å². The third-order valence-electron chi connectivity index (χ3n) is 12.1. The van der Waals surface area contributed by atoms with Gasteiger partial charge in [0.05, 0.1) is 29.6 Å². The smallest absolute Gasteiger partial charge is 0.341 e. The van der Waals surface area contributed by atoms with Crippen LogP contribution < -0.4 is 0 Å². The summed E-state index contributed by atoms with van der Waals surface area (Å²) in [5.41, 5.74) is -5.64. The van der Waals surface area contributed by atoms with Crippen LogP contribution in [0.3, 0.4) is 0 Å². The van der Waals surface area contributed by atoms with Crippen molar-refractivity contribution in [3.63, 3.8) is 0 Å². The molecule has 5 fully saturated rings. The maximum Gasteiger partial charge on any atom is 0.341 e. The molecule has 240 valence electrons. The Hall–Kier alpha value is -2.46. The Morgan fingerprint density at radius 3 is 2.23 bits per heavy atom. The third kappa shape index (κ3) is 4.32. The van der Waals surface area contributed by atoms with Gasteiger partial charge in [0.2, 0.25) is 0 Å². The minimum Gasteiger partial charge on any atom is -0.469 e. The first-order valence-electron chi connectivity index (χ1n) is 15.7. The molecule has 0 aromatic rings. The zero-order chi connectivity index (χ0) is 31.9. The molecular weight excluding hydrogens is 556 g/mol. The van der Waals surface area contributed by atoms with Crippen LogP contribution in [0, 0.1) is 34.0 Å².